The van der Waals surface area contributed by atoms with E-state index in [0.29, 0.717) is 17.5 Å². The van der Waals surface area contributed by atoms with Gasteiger partial charge in [-0.1, -0.05) is 53.7 Å². The number of rotatable bonds is 6. The minimum absolute atomic E-state index is 0.203. The molecule has 0 fully saturated rings. The number of benzene rings is 2. The van der Waals surface area contributed by atoms with Crippen LogP contribution in [0, 0.1) is 6.92 Å². The van der Waals surface area contributed by atoms with Gasteiger partial charge >= 0.3 is 0 Å². The second-order valence-corrected chi connectivity index (χ2v) is 7.88. The molecule has 0 atom stereocenters. The SMILES string of the molecule is Cc1cccc(-c2nnc(SCc3nc(N)nc(N(C)C)n3)n2-c2ccccc2)c1. The van der Waals surface area contributed by atoms with Crippen molar-refractivity contribution in [3.63, 3.8) is 0 Å². The quantitative estimate of drug-likeness (QED) is 0.476. The molecule has 4 rings (SSSR count). The average Bonchev–Trinajstić information content (AvgIpc) is 3.16. The summed E-state index contributed by atoms with van der Waals surface area (Å²) in [5.74, 6) is 2.61. The third kappa shape index (κ3) is 4.25. The van der Waals surface area contributed by atoms with Gasteiger partial charge in [-0.05, 0) is 25.1 Å². The van der Waals surface area contributed by atoms with Gasteiger partial charge in [0.25, 0.3) is 0 Å². The Morgan fingerprint density at radius 3 is 2.50 bits per heavy atom. The Kier molecular flexibility index (Phi) is 5.62. The summed E-state index contributed by atoms with van der Waals surface area (Å²) in [5.41, 5.74) is 9.02. The zero-order valence-electron chi connectivity index (χ0n) is 17.0. The van der Waals surface area contributed by atoms with Crippen LogP contribution < -0.4 is 10.6 Å². The van der Waals surface area contributed by atoms with Crippen molar-refractivity contribution in [1.29, 1.82) is 0 Å². The van der Waals surface area contributed by atoms with Gasteiger partial charge < -0.3 is 10.6 Å². The number of hydrogen-bond donors (Lipinski definition) is 1. The lowest BCUT2D eigenvalue weighted by Crippen LogP contribution is -2.16. The Balaban J connectivity index is 1.71. The van der Waals surface area contributed by atoms with E-state index in [0.717, 1.165) is 22.2 Å². The summed E-state index contributed by atoms with van der Waals surface area (Å²) in [5, 5.41) is 9.70. The zero-order valence-corrected chi connectivity index (χ0v) is 17.8. The van der Waals surface area contributed by atoms with Gasteiger partial charge in [-0.3, -0.25) is 4.57 Å². The number of nitrogens with two attached hydrogens (primary N) is 1. The van der Waals surface area contributed by atoms with Gasteiger partial charge in [0.05, 0.1) is 5.75 Å². The smallest absolute Gasteiger partial charge is 0.229 e. The van der Waals surface area contributed by atoms with Crippen LogP contribution in [-0.4, -0.2) is 43.8 Å². The molecule has 4 aromatic rings. The molecule has 30 heavy (non-hydrogen) atoms. The molecule has 9 heteroatoms. The van der Waals surface area contributed by atoms with Crippen LogP contribution in [0.2, 0.25) is 0 Å². The van der Waals surface area contributed by atoms with Crippen LogP contribution in [0.3, 0.4) is 0 Å². The molecule has 8 nitrogen and oxygen atoms in total. The van der Waals surface area contributed by atoms with Crippen LogP contribution in [0.25, 0.3) is 17.1 Å². The van der Waals surface area contributed by atoms with E-state index in [4.69, 9.17) is 5.73 Å². The van der Waals surface area contributed by atoms with E-state index in [2.05, 4.69) is 48.8 Å². The normalized spacial score (nSPS) is 10.9. The molecule has 0 aliphatic rings. The van der Waals surface area contributed by atoms with E-state index < -0.39 is 0 Å². The van der Waals surface area contributed by atoms with Crippen LogP contribution in [-0.2, 0) is 5.75 Å². The van der Waals surface area contributed by atoms with E-state index in [-0.39, 0.29) is 5.95 Å². The van der Waals surface area contributed by atoms with Gasteiger partial charge in [0, 0.05) is 25.3 Å². The predicted octanol–water partition coefficient (Wildman–Crippen LogP) is 3.37. The fourth-order valence-electron chi connectivity index (χ4n) is 2.96. The zero-order chi connectivity index (χ0) is 21.1. The number of hydrogen-bond acceptors (Lipinski definition) is 8. The molecular formula is C21H22N8S. The lowest BCUT2D eigenvalue weighted by atomic mass is 10.1. The average molecular weight is 419 g/mol. The number of anilines is 2. The fraction of sp³-hybridized carbons (Fsp3) is 0.190. The number of nitrogens with zero attached hydrogens (tertiary/aromatic N) is 7. The maximum absolute atomic E-state index is 5.85. The van der Waals surface area contributed by atoms with Crippen LogP contribution in [0.15, 0.2) is 59.8 Å². The number of thioether (sulfide) groups is 1. The lowest BCUT2D eigenvalue weighted by Gasteiger charge is -2.12. The van der Waals surface area contributed by atoms with Gasteiger partial charge in [-0.15, -0.1) is 10.2 Å². The highest BCUT2D eigenvalue weighted by Gasteiger charge is 2.17. The Bertz CT molecular complexity index is 1160. The number of nitrogen functional groups attached to an aromatic ring is 1. The fourth-order valence-corrected chi connectivity index (χ4v) is 3.77. The Labute approximate surface area is 179 Å². The van der Waals surface area contributed by atoms with Crippen molar-refractivity contribution < 1.29 is 0 Å². The Hall–Kier alpha value is -3.46. The molecule has 0 spiro atoms. The molecule has 0 saturated heterocycles. The number of aryl methyl sites for hydroxylation is 1. The van der Waals surface area contributed by atoms with Crippen LogP contribution in [0.4, 0.5) is 11.9 Å². The third-order valence-electron chi connectivity index (χ3n) is 4.34. The summed E-state index contributed by atoms with van der Waals surface area (Å²) in [6.45, 7) is 2.07. The molecule has 2 aromatic heterocycles. The summed E-state index contributed by atoms with van der Waals surface area (Å²) in [6, 6.07) is 18.3. The second-order valence-electron chi connectivity index (χ2n) is 6.94. The minimum atomic E-state index is 0.203. The number of para-hydroxylation sites is 1. The van der Waals surface area contributed by atoms with E-state index in [1.54, 1.807) is 4.90 Å². The van der Waals surface area contributed by atoms with Crippen LogP contribution in [0.5, 0.6) is 0 Å². The number of aromatic nitrogens is 6. The van der Waals surface area contributed by atoms with Gasteiger partial charge in [0.2, 0.25) is 11.9 Å². The van der Waals surface area contributed by atoms with Crippen LogP contribution >= 0.6 is 11.8 Å². The van der Waals surface area contributed by atoms with Crippen molar-refractivity contribution >= 4 is 23.7 Å². The molecule has 0 unspecified atom stereocenters. The summed E-state index contributed by atoms with van der Waals surface area (Å²) >= 11 is 1.51. The second kappa shape index (κ2) is 8.50. The summed E-state index contributed by atoms with van der Waals surface area (Å²) in [6.07, 6.45) is 0. The molecule has 2 heterocycles. The molecule has 0 amide bonds. The largest absolute Gasteiger partial charge is 0.368 e. The molecule has 2 N–H and O–H groups in total. The maximum atomic E-state index is 5.85. The molecule has 0 saturated carbocycles. The first-order chi connectivity index (χ1) is 14.5. The first-order valence-electron chi connectivity index (χ1n) is 9.39. The molecule has 0 aliphatic heterocycles. The van der Waals surface area contributed by atoms with Gasteiger partial charge in [0.15, 0.2) is 11.0 Å². The first-order valence-corrected chi connectivity index (χ1v) is 10.4. The maximum Gasteiger partial charge on any atom is 0.229 e. The van der Waals surface area contributed by atoms with Crippen molar-refractivity contribution in [3.05, 3.63) is 66.0 Å². The molecular weight excluding hydrogens is 396 g/mol. The highest BCUT2D eigenvalue weighted by Crippen LogP contribution is 2.29. The lowest BCUT2D eigenvalue weighted by molar-refractivity contribution is 0.878. The van der Waals surface area contributed by atoms with Crippen molar-refractivity contribution in [2.45, 2.75) is 17.8 Å². The highest BCUT2D eigenvalue weighted by molar-refractivity contribution is 7.98. The molecule has 2 aromatic carbocycles. The Morgan fingerprint density at radius 1 is 0.967 bits per heavy atom. The summed E-state index contributed by atoms with van der Waals surface area (Å²) in [7, 11) is 3.73. The first kappa shape index (κ1) is 19.8. The van der Waals surface area contributed by atoms with Gasteiger partial charge in [-0.2, -0.15) is 15.0 Å². The van der Waals surface area contributed by atoms with Crippen molar-refractivity contribution in [2.24, 2.45) is 0 Å². The molecule has 152 valence electrons. The topological polar surface area (TPSA) is 98.6 Å². The standard InChI is InChI=1S/C21H22N8S/c1-14-8-7-9-15(12-14)18-26-27-21(29(18)16-10-5-4-6-11-16)30-13-17-23-19(22)25-20(24-17)28(2)3/h4-12H,13H2,1-3H3,(H2,22,23,24,25). The minimum Gasteiger partial charge on any atom is -0.368 e. The van der Waals surface area contributed by atoms with Crippen molar-refractivity contribution in [1.82, 2.24) is 29.7 Å². The van der Waals surface area contributed by atoms with Crippen molar-refractivity contribution in [3.8, 4) is 17.1 Å². The predicted molar refractivity (Wildman–Crippen MR) is 120 cm³/mol. The van der Waals surface area contributed by atoms with Gasteiger partial charge in [-0.25, -0.2) is 0 Å². The van der Waals surface area contributed by atoms with Gasteiger partial charge in [0.1, 0.15) is 5.82 Å². The van der Waals surface area contributed by atoms with E-state index in [1.807, 2.05) is 56.6 Å². The monoisotopic (exact) mass is 418 g/mol. The Morgan fingerprint density at radius 2 is 1.77 bits per heavy atom. The van der Waals surface area contributed by atoms with Crippen molar-refractivity contribution in [2.75, 3.05) is 24.7 Å². The van der Waals surface area contributed by atoms with Crippen LogP contribution in [0.1, 0.15) is 11.4 Å². The summed E-state index contributed by atoms with van der Waals surface area (Å²) < 4.78 is 2.05. The molecule has 0 aliphatic carbocycles. The van der Waals surface area contributed by atoms with E-state index in [1.165, 1.54) is 17.3 Å². The highest BCUT2D eigenvalue weighted by atomic mass is 32.2. The van der Waals surface area contributed by atoms with E-state index in [9.17, 15) is 0 Å². The third-order valence-corrected chi connectivity index (χ3v) is 5.27. The summed E-state index contributed by atoms with van der Waals surface area (Å²) in [4.78, 5) is 14.7. The molecule has 0 bridgehead atoms. The van der Waals surface area contributed by atoms with E-state index >= 15 is 0 Å². The molecule has 0 radical (unpaired) electrons.